The van der Waals surface area contributed by atoms with Crippen molar-refractivity contribution in [1.29, 1.82) is 0 Å². The summed E-state index contributed by atoms with van der Waals surface area (Å²) < 4.78 is 53.1. The third-order valence-corrected chi connectivity index (χ3v) is 6.07. The molecule has 2 aromatic carbocycles. The molecule has 36 heavy (non-hydrogen) atoms. The molecule has 2 N–H and O–H groups in total. The van der Waals surface area contributed by atoms with Gasteiger partial charge in [-0.1, -0.05) is 30.3 Å². The number of carboxylic acids is 1. The Morgan fingerprint density at radius 3 is 2.42 bits per heavy atom. The third-order valence-electron chi connectivity index (χ3n) is 5.70. The fourth-order valence-corrected chi connectivity index (χ4v) is 4.55. The topological polar surface area (TPSA) is 91.9 Å². The van der Waals surface area contributed by atoms with E-state index in [0.29, 0.717) is 0 Å². The second kappa shape index (κ2) is 9.24. The van der Waals surface area contributed by atoms with Crippen LogP contribution in [0.2, 0.25) is 0 Å². The minimum Gasteiger partial charge on any atom is -0.487 e. The lowest BCUT2D eigenvalue weighted by Crippen LogP contribution is -2.36. The number of nitrogens with zero attached hydrogens (tertiary/aromatic N) is 1. The summed E-state index contributed by atoms with van der Waals surface area (Å²) in [5, 5.41) is 9.65. The predicted octanol–water partition coefficient (Wildman–Crippen LogP) is 6.54. The maximum Gasteiger partial charge on any atom is 0.432 e. The van der Waals surface area contributed by atoms with Crippen molar-refractivity contribution in [2.45, 2.75) is 45.1 Å². The molecule has 3 aromatic rings. The number of aromatic nitrogens is 1. The van der Waals surface area contributed by atoms with Crippen molar-refractivity contribution in [3.05, 3.63) is 58.8 Å². The number of benzene rings is 2. The second-order valence-electron chi connectivity index (χ2n) is 9.45. The van der Waals surface area contributed by atoms with Gasteiger partial charge in [0.2, 0.25) is 0 Å². The van der Waals surface area contributed by atoms with Gasteiger partial charge in [0, 0.05) is 29.8 Å². The van der Waals surface area contributed by atoms with Gasteiger partial charge in [-0.25, -0.2) is 9.59 Å². The van der Waals surface area contributed by atoms with Crippen LogP contribution in [0.25, 0.3) is 10.9 Å². The van der Waals surface area contributed by atoms with Gasteiger partial charge < -0.3 is 19.6 Å². The highest BCUT2D eigenvalue weighted by Crippen LogP contribution is 2.49. The van der Waals surface area contributed by atoms with Gasteiger partial charge >= 0.3 is 18.2 Å². The molecule has 1 aliphatic rings. The van der Waals surface area contributed by atoms with Crippen LogP contribution in [0.4, 0.5) is 23.7 Å². The number of carbonyl (C=O) groups is 2. The molecule has 0 saturated carbocycles. The number of hydrogen-bond donors (Lipinski definition) is 2. The van der Waals surface area contributed by atoms with Crippen LogP contribution in [0.5, 0.6) is 5.75 Å². The molecule has 0 radical (unpaired) electrons. The van der Waals surface area contributed by atoms with Crippen LogP contribution in [-0.2, 0) is 17.5 Å². The quantitative estimate of drug-likeness (QED) is 0.370. The molecule has 1 aromatic heterocycles. The molecule has 0 fully saturated rings. The minimum atomic E-state index is -4.98. The van der Waals surface area contributed by atoms with E-state index in [2.05, 4.69) is 4.98 Å². The molecule has 0 saturated heterocycles. The van der Waals surface area contributed by atoms with Crippen molar-refractivity contribution in [2.75, 3.05) is 17.3 Å². The number of fused-ring (bicyclic) bond motifs is 3. The number of aromatic carboxylic acids is 1. The number of alkyl halides is 4. The molecule has 11 heteroatoms. The lowest BCUT2D eigenvalue weighted by Gasteiger charge is -2.25. The van der Waals surface area contributed by atoms with Gasteiger partial charge in [-0.05, 0) is 31.9 Å². The number of hydrogen-bond acceptors (Lipinski definition) is 4. The lowest BCUT2D eigenvalue weighted by atomic mass is 9.95. The minimum absolute atomic E-state index is 0.00285. The first-order valence-corrected chi connectivity index (χ1v) is 11.6. The SMILES string of the molecule is CC(C)(C)OC(=O)N1C[C@@H](CCl)c2c1cc(OCc1ccccc1)c1[nH]c(C(F)(F)F)c(C(=O)O)c21. The largest absolute Gasteiger partial charge is 0.487 e. The maximum atomic E-state index is 13.9. The van der Waals surface area contributed by atoms with Gasteiger partial charge in [-0.2, -0.15) is 13.2 Å². The molecule has 192 valence electrons. The molecule has 0 aliphatic carbocycles. The maximum absolute atomic E-state index is 13.9. The molecule has 1 atom stereocenters. The highest BCUT2D eigenvalue weighted by molar-refractivity contribution is 6.19. The number of aromatic amines is 1. The number of anilines is 1. The van der Waals surface area contributed by atoms with E-state index in [9.17, 15) is 27.9 Å². The van der Waals surface area contributed by atoms with E-state index in [1.165, 1.54) is 11.0 Å². The number of carbonyl (C=O) groups excluding carboxylic acids is 1. The first kappa shape index (κ1) is 25.7. The molecule has 1 amide bonds. The van der Waals surface area contributed by atoms with E-state index in [1.807, 2.05) is 6.07 Å². The van der Waals surface area contributed by atoms with Gasteiger partial charge in [0.25, 0.3) is 0 Å². The number of halogens is 4. The smallest absolute Gasteiger partial charge is 0.432 e. The van der Waals surface area contributed by atoms with Gasteiger partial charge in [-0.3, -0.25) is 4.90 Å². The van der Waals surface area contributed by atoms with Gasteiger partial charge in [0.1, 0.15) is 23.7 Å². The summed E-state index contributed by atoms with van der Waals surface area (Å²) >= 11 is 6.16. The highest BCUT2D eigenvalue weighted by Gasteiger charge is 2.44. The number of nitrogens with one attached hydrogen (secondary N) is 1. The van der Waals surface area contributed by atoms with E-state index in [4.69, 9.17) is 21.1 Å². The van der Waals surface area contributed by atoms with Crippen molar-refractivity contribution in [3.8, 4) is 5.75 Å². The molecule has 0 unspecified atom stereocenters. The molecule has 0 bridgehead atoms. The standard InChI is InChI=1S/C25H24ClF3N2O5/c1-24(2,3)36-23(34)31-11-14(10-26)17-15(31)9-16(35-12-13-7-5-4-6-8-13)20-18(17)19(22(32)33)21(30-20)25(27,28)29/h4-9,14,30H,10-12H2,1-3H3,(H,32,33)/t14-/m1/s1. The first-order chi connectivity index (χ1) is 16.8. The second-order valence-corrected chi connectivity index (χ2v) is 9.76. The van der Waals surface area contributed by atoms with Gasteiger partial charge in [-0.15, -0.1) is 11.6 Å². The summed E-state index contributed by atoms with van der Waals surface area (Å²) in [5.74, 6) is -2.48. The Hall–Kier alpha value is -3.40. The number of ether oxygens (including phenoxy) is 2. The van der Waals surface area contributed by atoms with E-state index in [0.717, 1.165) is 5.56 Å². The third kappa shape index (κ3) is 4.82. The molecule has 2 heterocycles. The van der Waals surface area contributed by atoms with Crippen molar-refractivity contribution < 1.29 is 37.3 Å². The Bertz CT molecular complexity index is 1320. The fourth-order valence-electron chi connectivity index (χ4n) is 4.29. The normalized spacial score (nSPS) is 15.8. The summed E-state index contributed by atoms with van der Waals surface area (Å²) in [5.41, 5.74) is -2.16. The predicted molar refractivity (Wildman–Crippen MR) is 128 cm³/mol. The molecule has 7 nitrogen and oxygen atoms in total. The first-order valence-electron chi connectivity index (χ1n) is 11.1. The average molecular weight is 525 g/mol. The van der Waals surface area contributed by atoms with Crippen LogP contribution in [0.15, 0.2) is 36.4 Å². The zero-order chi connectivity index (χ0) is 26.4. The summed E-state index contributed by atoms with van der Waals surface area (Å²) in [7, 11) is 0. The van der Waals surface area contributed by atoms with Crippen molar-refractivity contribution >= 4 is 40.3 Å². The number of rotatable bonds is 5. The lowest BCUT2D eigenvalue weighted by molar-refractivity contribution is -0.141. The van der Waals surface area contributed by atoms with Crippen molar-refractivity contribution in [1.82, 2.24) is 4.98 Å². The van der Waals surface area contributed by atoms with Gasteiger partial charge in [0.05, 0.1) is 16.8 Å². The molecule has 1 aliphatic heterocycles. The zero-order valence-corrected chi connectivity index (χ0v) is 20.5. The zero-order valence-electron chi connectivity index (χ0n) is 19.7. The number of amides is 1. The summed E-state index contributed by atoms with van der Waals surface area (Å²) in [6.45, 7) is 5.06. The Morgan fingerprint density at radius 2 is 1.86 bits per heavy atom. The highest BCUT2D eigenvalue weighted by atomic mass is 35.5. The summed E-state index contributed by atoms with van der Waals surface area (Å²) in [6.07, 6.45) is -5.70. The summed E-state index contributed by atoms with van der Waals surface area (Å²) in [4.78, 5) is 28.6. The van der Waals surface area contributed by atoms with Crippen LogP contribution in [0, 0.1) is 0 Å². The average Bonchev–Trinajstić information content (AvgIpc) is 3.36. The molecule has 0 spiro atoms. The Morgan fingerprint density at radius 1 is 1.19 bits per heavy atom. The Kier molecular flexibility index (Phi) is 6.59. The van der Waals surface area contributed by atoms with Gasteiger partial charge in [0.15, 0.2) is 0 Å². The number of H-pyrrole nitrogens is 1. The fraction of sp³-hybridized carbons (Fsp3) is 0.360. The monoisotopic (exact) mass is 524 g/mol. The van der Waals surface area contributed by atoms with E-state index in [-0.39, 0.29) is 46.9 Å². The van der Waals surface area contributed by atoms with Crippen molar-refractivity contribution in [3.63, 3.8) is 0 Å². The van der Waals surface area contributed by atoms with Crippen LogP contribution in [0.3, 0.4) is 0 Å². The van der Waals surface area contributed by atoms with Crippen LogP contribution >= 0.6 is 11.6 Å². The van der Waals surface area contributed by atoms with Crippen molar-refractivity contribution in [2.24, 2.45) is 0 Å². The molecule has 4 rings (SSSR count). The Labute approximate surface area is 209 Å². The van der Waals surface area contributed by atoms with E-state index >= 15 is 0 Å². The van der Waals surface area contributed by atoms with E-state index in [1.54, 1.807) is 45.0 Å². The van der Waals surface area contributed by atoms with Crippen LogP contribution in [-0.4, -0.2) is 40.2 Å². The summed E-state index contributed by atoms with van der Waals surface area (Å²) in [6, 6.07) is 10.4. The molecular weight excluding hydrogens is 501 g/mol. The van der Waals surface area contributed by atoms with E-state index < -0.39 is 41.0 Å². The van der Waals surface area contributed by atoms with Crippen LogP contribution in [0.1, 0.15) is 53.9 Å². The Balaban J connectivity index is 1.97. The number of carboxylic acid groups (broad SMARTS) is 1. The van der Waals surface area contributed by atoms with Crippen LogP contribution < -0.4 is 9.64 Å². The molecular formula is C25H24ClF3N2O5.